The molecule has 3 aliphatic rings. The van der Waals surface area contributed by atoms with Gasteiger partial charge >= 0.3 is 0 Å². The number of piperidine rings is 2. The highest BCUT2D eigenvalue weighted by atomic mass is 16.3. The Bertz CT molecular complexity index is 1150. The molecular formula is C26H35N5O. The molecule has 5 heterocycles. The molecule has 3 aromatic rings. The van der Waals surface area contributed by atoms with E-state index in [2.05, 4.69) is 58.0 Å². The third kappa shape index (κ3) is 3.23. The van der Waals surface area contributed by atoms with Crippen molar-refractivity contribution in [1.29, 1.82) is 0 Å². The topological polar surface area (TPSA) is 74.7 Å². The van der Waals surface area contributed by atoms with Crippen molar-refractivity contribution < 1.29 is 5.11 Å². The molecular weight excluding hydrogens is 398 g/mol. The lowest BCUT2D eigenvalue weighted by atomic mass is 9.80. The minimum absolute atomic E-state index is 0.0380. The van der Waals surface area contributed by atoms with E-state index >= 15 is 0 Å². The molecule has 170 valence electrons. The summed E-state index contributed by atoms with van der Waals surface area (Å²) in [6, 6.07) is 9.01. The normalized spacial score (nSPS) is 23.8. The summed E-state index contributed by atoms with van der Waals surface area (Å²) in [7, 11) is 0. The Hall–Kier alpha value is -2.15. The van der Waals surface area contributed by atoms with Crippen molar-refractivity contribution in [3.8, 4) is 0 Å². The van der Waals surface area contributed by atoms with Crippen LogP contribution in [-0.2, 0) is 0 Å². The fourth-order valence-electron chi connectivity index (χ4n) is 6.07. The Labute approximate surface area is 190 Å². The van der Waals surface area contributed by atoms with E-state index in [1.165, 1.54) is 35.3 Å². The molecule has 0 saturated carbocycles. The summed E-state index contributed by atoms with van der Waals surface area (Å²) in [5.74, 6) is 1.91. The van der Waals surface area contributed by atoms with Gasteiger partial charge in [-0.1, -0.05) is 19.1 Å². The molecule has 0 bridgehead atoms. The zero-order valence-corrected chi connectivity index (χ0v) is 19.3. The summed E-state index contributed by atoms with van der Waals surface area (Å²) in [6.45, 7) is 10.0. The molecule has 2 aromatic heterocycles. The Kier molecular flexibility index (Phi) is 4.93. The number of aromatic nitrogens is 2. The van der Waals surface area contributed by atoms with Crippen molar-refractivity contribution in [3.63, 3.8) is 0 Å². The summed E-state index contributed by atoms with van der Waals surface area (Å²) in [5.41, 5.74) is 7.89. The summed E-state index contributed by atoms with van der Waals surface area (Å²) in [6.07, 6.45) is 4.43. The lowest BCUT2D eigenvalue weighted by Gasteiger charge is -2.41. The third-order valence-electron chi connectivity index (χ3n) is 8.20. The number of rotatable bonds is 4. The van der Waals surface area contributed by atoms with E-state index < -0.39 is 0 Å². The van der Waals surface area contributed by atoms with Gasteiger partial charge in [0.15, 0.2) is 0 Å². The summed E-state index contributed by atoms with van der Waals surface area (Å²) < 4.78 is 2.45. The molecule has 0 spiro atoms. The first-order chi connectivity index (χ1) is 15.6. The molecule has 3 fully saturated rings. The number of para-hydroxylation sites is 2. The van der Waals surface area contributed by atoms with Crippen LogP contribution in [0.5, 0.6) is 0 Å². The van der Waals surface area contributed by atoms with Gasteiger partial charge in [-0.05, 0) is 80.3 Å². The van der Waals surface area contributed by atoms with Crippen LogP contribution >= 0.6 is 0 Å². The lowest BCUT2D eigenvalue weighted by Crippen LogP contribution is -2.41. The largest absolute Gasteiger partial charge is 0.396 e. The van der Waals surface area contributed by atoms with E-state index in [4.69, 9.17) is 4.98 Å². The maximum Gasteiger partial charge on any atom is 0.144 e. The standard InChI is InChI=1S/C26H35N5O/c1-17-22(18-7-11-27-12-8-18)23(20-15-28-20)24-29-19-5-3-4-6-21(19)31(24)25(17)30-13-9-26(2,16-32)10-14-30/h3-6,18,20,27-28,32H,7-16H2,1-2H3. The lowest BCUT2D eigenvalue weighted by molar-refractivity contribution is 0.114. The van der Waals surface area contributed by atoms with Crippen LogP contribution < -0.4 is 15.5 Å². The quantitative estimate of drug-likeness (QED) is 0.549. The van der Waals surface area contributed by atoms with Gasteiger partial charge in [0.1, 0.15) is 11.5 Å². The van der Waals surface area contributed by atoms with E-state index in [1.807, 2.05) is 0 Å². The van der Waals surface area contributed by atoms with E-state index in [-0.39, 0.29) is 12.0 Å². The van der Waals surface area contributed by atoms with E-state index in [1.54, 1.807) is 5.56 Å². The van der Waals surface area contributed by atoms with Gasteiger partial charge < -0.3 is 20.6 Å². The first-order valence-corrected chi connectivity index (χ1v) is 12.3. The predicted octanol–water partition coefficient (Wildman–Crippen LogP) is 3.51. The van der Waals surface area contributed by atoms with Crippen molar-refractivity contribution in [2.45, 2.75) is 51.5 Å². The number of pyridine rings is 1. The Balaban J connectivity index is 1.60. The fraction of sp³-hybridized carbons (Fsp3) is 0.577. The fourth-order valence-corrected chi connectivity index (χ4v) is 6.07. The van der Waals surface area contributed by atoms with Crippen LogP contribution in [0.25, 0.3) is 16.7 Å². The van der Waals surface area contributed by atoms with Crippen molar-refractivity contribution in [2.24, 2.45) is 5.41 Å². The predicted molar refractivity (Wildman–Crippen MR) is 130 cm³/mol. The van der Waals surface area contributed by atoms with Crippen molar-refractivity contribution in [2.75, 3.05) is 44.2 Å². The number of hydrogen-bond acceptors (Lipinski definition) is 5. The molecule has 0 aliphatic carbocycles. The van der Waals surface area contributed by atoms with E-state index in [0.717, 1.165) is 56.7 Å². The Morgan fingerprint density at radius 3 is 2.53 bits per heavy atom. The number of fused-ring (bicyclic) bond motifs is 3. The molecule has 0 amide bonds. The van der Waals surface area contributed by atoms with E-state index in [0.29, 0.717) is 12.0 Å². The average molecular weight is 434 g/mol. The SMILES string of the molecule is Cc1c(C2CCNCC2)c(C2CN2)c2nc3ccccc3n2c1N1CCC(C)(CO)CC1. The number of nitrogens with zero attached hydrogens (tertiary/aromatic N) is 3. The minimum Gasteiger partial charge on any atom is -0.396 e. The van der Waals surface area contributed by atoms with Gasteiger partial charge in [0.05, 0.1) is 11.0 Å². The zero-order valence-electron chi connectivity index (χ0n) is 19.3. The minimum atomic E-state index is 0.0380. The van der Waals surface area contributed by atoms with Crippen LogP contribution in [0, 0.1) is 12.3 Å². The second-order valence-electron chi connectivity index (χ2n) is 10.5. The molecule has 0 radical (unpaired) electrons. The second kappa shape index (κ2) is 7.72. The molecule has 1 unspecified atom stereocenters. The van der Waals surface area contributed by atoms with Crippen molar-refractivity contribution in [1.82, 2.24) is 20.0 Å². The zero-order chi connectivity index (χ0) is 21.9. The number of aliphatic hydroxyl groups is 1. The summed E-state index contributed by atoms with van der Waals surface area (Å²) >= 11 is 0. The molecule has 1 atom stereocenters. The van der Waals surface area contributed by atoms with Gasteiger partial charge in [-0.25, -0.2) is 4.98 Å². The third-order valence-corrected chi connectivity index (χ3v) is 8.20. The van der Waals surface area contributed by atoms with Crippen LogP contribution in [0.3, 0.4) is 0 Å². The average Bonchev–Trinajstić information content (AvgIpc) is 3.60. The molecule has 3 saturated heterocycles. The number of hydrogen-bond donors (Lipinski definition) is 3. The first kappa shape index (κ1) is 20.5. The molecule has 32 heavy (non-hydrogen) atoms. The van der Waals surface area contributed by atoms with Gasteiger partial charge in [-0.15, -0.1) is 0 Å². The van der Waals surface area contributed by atoms with Crippen LogP contribution in [0.4, 0.5) is 5.82 Å². The van der Waals surface area contributed by atoms with Crippen molar-refractivity contribution in [3.05, 3.63) is 41.0 Å². The number of benzene rings is 1. The highest BCUT2D eigenvalue weighted by Crippen LogP contribution is 2.44. The van der Waals surface area contributed by atoms with Crippen LogP contribution in [-0.4, -0.2) is 53.8 Å². The number of imidazole rings is 1. The smallest absolute Gasteiger partial charge is 0.144 e. The van der Waals surface area contributed by atoms with Gasteiger partial charge in [0.25, 0.3) is 0 Å². The molecule has 6 heteroatoms. The second-order valence-corrected chi connectivity index (χ2v) is 10.5. The number of anilines is 1. The van der Waals surface area contributed by atoms with Crippen molar-refractivity contribution >= 4 is 22.5 Å². The van der Waals surface area contributed by atoms with Crippen LogP contribution in [0.2, 0.25) is 0 Å². The maximum absolute atomic E-state index is 9.91. The summed E-state index contributed by atoms with van der Waals surface area (Å²) in [4.78, 5) is 7.79. The van der Waals surface area contributed by atoms with E-state index in [9.17, 15) is 5.11 Å². The monoisotopic (exact) mass is 433 g/mol. The van der Waals surface area contributed by atoms with Gasteiger partial charge in [-0.2, -0.15) is 0 Å². The number of aliphatic hydroxyl groups excluding tert-OH is 1. The molecule has 6 nitrogen and oxygen atoms in total. The highest BCUT2D eigenvalue weighted by Gasteiger charge is 2.37. The molecule has 3 N–H and O–H groups in total. The Morgan fingerprint density at radius 2 is 1.84 bits per heavy atom. The van der Waals surface area contributed by atoms with Crippen LogP contribution in [0.15, 0.2) is 24.3 Å². The highest BCUT2D eigenvalue weighted by molar-refractivity contribution is 5.86. The van der Waals surface area contributed by atoms with Gasteiger partial charge in [-0.3, -0.25) is 4.40 Å². The maximum atomic E-state index is 9.91. The molecule has 3 aliphatic heterocycles. The summed E-state index contributed by atoms with van der Waals surface area (Å²) in [5, 5.41) is 17.1. The van der Waals surface area contributed by atoms with Crippen LogP contribution in [0.1, 0.15) is 61.3 Å². The first-order valence-electron chi connectivity index (χ1n) is 12.3. The number of nitrogens with one attached hydrogen (secondary N) is 2. The van der Waals surface area contributed by atoms with Gasteiger partial charge in [0, 0.05) is 37.8 Å². The molecule has 1 aromatic carbocycles. The van der Waals surface area contributed by atoms with Gasteiger partial charge in [0.2, 0.25) is 0 Å². The molecule has 6 rings (SSSR count). The Morgan fingerprint density at radius 1 is 1.12 bits per heavy atom.